The monoisotopic (exact) mass is 330 g/mol. The number of esters is 1. The van der Waals surface area contributed by atoms with E-state index in [-0.39, 0.29) is 5.75 Å². The van der Waals surface area contributed by atoms with E-state index >= 15 is 0 Å². The van der Waals surface area contributed by atoms with E-state index in [1.165, 1.54) is 18.2 Å². The molecule has 0 fully saturated rings. The third kappa shape index (κ3) is 4.13. The van der Waals surface area contributed by atoms with E-state index < -0.39 is 32.9 Å². The minimum Gasteiger partial charge on any atom is -0.508 e. The number of hydrogen-bond acceptors (Lipinski definition) is 7. The molecule has 0 saturated heterocycles. The molecule has 0 aromatic heterocycles. The van der Waals surface area contributed by atoms with Crippen LogP contribution in [0.5, 0.6) is 11.5 Å². The van der Waals surface area contributed by atoms with Crippen molar-refractivity contribution >= 4 is 23.4 Å². The Hall–Kier alpha value is -3.75. The molecule has 1 N–H and O–H groups in total. The van der Waals surface area contributed by atoms with Gasteiger partial charge in [0.1, 0.15) is 5.75 Å². The largest absolute Gasteiger partial charge is 0.508 e. The molecule has 122 valence electrons. The molecule has 0 aliphatic carbocycles. The summed E-state index contributed by atoms with van der Waals surface area (Å²) in [5.41, 5.74) is -0.570. The third-order valence-corrected chi connectivity index (χ3v) is 2.87. The van der Waals surface area contributed by atoms with Gasteiger partial charge in [0.15, 0.2) is 0 Å². The molecule has 0 heterocycles. The van der Waals surface area contributed by atoms with Gasteiger partial charge in [-0.3, -0.25) is 20.2 Å². The highest BCUT2D eigenvalue weighted by molar-refractivity contribution is 5.89. The van der Waals surface area contributed by atoms with Crippen molar-refractivity contribution in [3.63, 3.8) is 0 Å². The predicted molar refractivity (Wildman–Crippen MR) is 82.5 cm³/mol. The van der Waals surface area contributed by atoms with Crippen LogP contribution >= 0.6 is 0 Å². The summed E-state index contributed by atoms with van der Waals surface area (Å²) in [4.78, 5) is 31.6. The topological polar surface area (TPSA) is 133 Å². The lowest BCUT2D eigenvalue weighted by Crippen LogP contribution is -2.06. The summed E-state index contributed by atoms with van der Waals surface area (Å²) in [6.45, 7) is 0. The zero-order chi connectivity index (χ0) is 17.7. The summed E-state index contributed by atoms with van der Waals surface area (Å²) in [5, 5.41) is 30.7. The normalized spacial score (nSPS) is 10.5. The van der Waals surface area contributed by atoms with E-state index in [2.05, 4.69) is 0 Å². The molecule has 2 aromatic rings. The zero-order valence-electron chi connectivity index (χ0n) is 12.0. The van der Waals surface area contributed by atoms with Gasteiger partial charge in [0.25, 0.3) is 5.69 Å². The molecule has 0 aliphatic heterocycles. The van der Waals surface area contributed by atoms with Crippen molar-refractivity contribution in [3.8, 4) is 11.5 Å². The van der Waals surface area contributed by atoms with Crippen molar-refractivity contribution in [1.29, 1.82) is 0 Å². The summed E-state index contributed by atoms with van der Waals surface area (Å²) >= 11 is 0. The van der Waals surface area contributed by atoms with Crippen molar-refractivity contribution in [1.82, 2.24) is 0 Å². The number of nitrogens with zero attached hydrogens (tertiary/aromatic N) is 2. The number of aromatic hydroxyl groups is 1. The second-order valence-corrected chi connectivity index (χ2v) is 4.51. The number of benzene rings is 2. The fourth-order valence-corrected chi connectivity index (χ4v) is 1.74. The molecule has 0 unspecified atom stereocenters. The number of hydrogen-bond donors (Lipinski definition) is 1. The molecule has 0 saturated carbocycles. The Balaban J connectivity index is 2.17. The maximum Gasteiger partial charge on any atom is 0.336 e. The van der Waals surface area contributed by atoms with E-state index in [4.69, 9.17) is 9.84 Å². The molecule has 24 heavy (non-hydrogen) atoms. The quantitative estimate of drug-likeness (QED) is 0.293. The lowest BCUT2D eigenvalue weighted by molar-refractivity contribution is -0.394. The maximum atomic E-state index is 11.7. The molecule has 0 bridgehead atoms. The third-order valence-electron chi connectivity index (χ3n) is 2.87. The minimum absolute atomic E-state index is 0.0660. The Morgan fingerprint density at radius 3 is 2.29 bits per heavy atom. The van der Waals surface area contributed by atoms with Gasteiger partial charge in [-0.2, -0.15) is 0 Å². The van der Waals surface area contributed by atoms with Crippen molar-refractivity contribution in [2.45, 2.75) is 0 Å². The highest BCUT2D eigenvalue weighted by Gasteiger charge is 2.21. The van der Waals surface area contributed by atoms with Crippen LogP contribution in [0.4, 0.5) is 11.4 Å². The highest BCUT2D eigenvalue weighted by atomic mass is 16.6. The Bertz CT molecular complexity index is 828. The van der Waals surface area contributed by atoms with Gasteiger partial charge in [-0.15, -0.1) is 0 Å². The van der Waals surface area contributed by atoms with Gasteiger partial charge in [-0.1, -0.05) is 12.1 Å². The lowest BCUT2D eigenvalue weighted by atomic mass is 10.2. The number of phenols is 1. The first-order valence-electron chi connectivity index (χ1n) is 6.48. The fraction of sp³-hybridized carbons (Fsp3) is 0. The van der Waals surface area contributed by atoms with Crippen LogP contribution in [0.3, 0.4) is 0 Å². The van der Waals surface area contributed by atoms with E-state index in [1.54, 1.807) is 12.1 Å². The van der Waals surface area contributed by atoms with E-state index in [9.17, 15) is 25.0 Å². The van der Waals surface area contributed by atoms with E-state index in [0.29, 0.717) is 11.6 Å². The smallest absolute Gasteiger partial charge is 0.336 e. The molecule has 2 aromatic carbocycles. The number of nitro benzene ring substituents is 2. The standard InChI is InChI=1S/C15H10N2O7/c18-12-5-1-10(2-6-12)3-8-15(19)24-14-7-4-11(16(20)21)9-13(14)17(22)23/h1-9,18H. The first-order chi connectivity index (χ1) is 11.4. The summed E-state index contributed by atoms with van der Waals surface area (Å²) in [5.74, 6) is -1.22. The summed E-state index contributed by atoms with van der Waals surface area (Å²) < 4.78 is 4.85. The Morgan fingerprint density at radius 1 is 1.04 bits per heavy atom. The van der Waals surface area contributed by atoms with Gasteiger partial charge in [0.05, 0.1) is 15.9 Å². The summed E-state index contributed by atoms with van der Waals surface area (Å²) in [6, 6.07) is 8.65. The number of ether oxygens (including phenoxy) is 1. The van der Waals surface area contributed by atoms with Gasteiger partial charge in [-0.25, -0.2) is 4.79 Å². The molecular weight excluding hydrogens is 320 g/mol. The molecular formula is C15H10N2O7. The van der Waals surface area contributed by atoms with Gasteiger partial charge in [0.2, 0.25) is 5.75 Å². The number of non-ortho nitro benzene ring substituents is 1. The van der Waals surface area contributed by atoms with Crippen molar-refractivity contribution < 1.29 is 24.5 Å². The van der Waals surface area contributed by atoms with Crippen LogP contribution in [0.15, 0.2) is 48.5 Å². The van der Waals surface area contributed by atoms with Crippen LogP contribution in [-0.2, 0) is 4.79 Å². The fourth-order valence-electron chi connectivity index (χ4n) is 1.74. The van der Waals surface area contributed by atoms with Gasteiger partial charge >= 0.3 is 11.7 Å². The first kappa shape index (κ1) is 16.6. The Labute approximate surface area is 134 Å². The van der Waals surface area contributed by atoms with Gasteiger partial charge in [0, 0.05) is 12.1 Å². The second kappa shape index (κ2) is 7.01. The number of nitro groups is 2. The van der Waals surface area contributed by atoms with Gasteiger partial charge < -0.3 is 9.84 Å². The second-order valence-electron chi connectivity index (χ2n) is 4.51. The van der Waals surface area contributed by atoms with Crippen LogP contribution in [-0.4, -0.2) is 20.9 Å². The number of phenolic OH excluding ortho intramolecular Hbond substituents is 1. The summed E-state index contributed by atoms with van der Waals surface area (Å²) in [7, 11) is 0. The molecule has 2 rings (SSSR count). The zero-order valence-corrected chi connectivity index (χ0v) is 12.0. The van der Waals surface area contributed by atoms with Crippen molar-refractivity contribution in [3.05, 3.63) is 74.3 Å². The van der Waals surface area contributed by atoms with E-state index in [1.807, 2.05) is 0 Å². The molecule has 0 radical (unpaired) electrons. The molecule has 0 spiro atoms. The van der Waals surface area contributed by atoms with Crippen LogP contribution in [0.25, 0.3) is 6.08 Å². The lowest BCUT2D eigenvalue weighted by Gasteiger charge is -2.02. The molecule has 9 heteroatoms. The SMILES string of the molecule is O=C(C=Cc1ccc(O)cc1)Oc1ccc([N+](=O)[O-])cc1[N+](=O)[O-]. The van der Waals surface area contributed by atoms with E-state index in [0.717, 1.165) is 18.2 Å². The first-order valence-corrected chi connectivity index (χ1v) is 6.48. The molecule has 0 amide bonds. The molecule has 9 nitrogen and oxygen atoms in total. The van der Waals surface area contributed by atoms with Crippen LogP contribution in [0.1, 0.15) is 5.56 Å². The number of rotatable bonds is 5. The molecule has 0 atom stereocenters. The Kier molecular flexibility index (Phi) is 4.85. The van der Waals surface area contributed by atoms with Crippen molar-refractivity contribution in [2.75, 3.05) is 0 Å². The predicted octanol–water partition coefficient (Wildman–Crippen LogP) is 2.83. The van der Waals surface area contributed by atoms with Crippen LogP contribution in [0.2, 0.25) is 0 Å². The summed E-state index contributed by atoms with van der Waals surface area (Å²) in [6.07, 6.45) is 2.43. The van der Waals surface area contributed by atoms with Crippen LogP contribution in [0, 0.1) is 20.2 Å². The van der Waals surface area contributed by atoms with Crippen LogP contribution < -0.4 is 4.74 Å². The number of carbonyl (C=O) groups excluding carboxylic acids is 1. The average Bonchev–Trinajstić information content (AvgIpc) is 2.54. The number of carbonyl (C=O) groups is 1. The minimum atomic E-state index is -0.889. The average molecular weight is 330 g/mol. The Morgan fingerprint density at radius 2 is 1.71 bits per heavy atom. The highest BCUT2D eigenvalue weighted by Crippen LogP contribution is 2.31. The van der Waals surface area contributed by atoms with Crippen molar-refractivity contribution in [2.24, 2.45) is 0 Å². The van der Waals surface area contributed by atoms with Gasteiger partial charge in [-0.05, 0) is 29.8 Å². The maximum absolute atomic E-state index is 11.7. The molecule has 0 aliphatic rings.